The number of carbonyl (C=O) groups is 1. The van der Waals surface area contributed by atoms with Gasteiger partial charge in [0.25, 0.3) is 10.0 Å². The Labute approximate surface area is 177 Å². The van der Waals surface area contributed by atoms with Crippen molar-refractivity contribution in [3.63, 3.8) is 0 Å². The molecule has 0 saturated heterocycles. The van der Waals surface area contributed by atoms with Crippen LogP contribution in [0.25, 0.3) is 0 Å². The predicted molar refractivity (Wildman–Crippen MR) is 115 cm³/mol. The first kappa shape index (κ1) is 20.2. The molecule has 29 heavy (non-hydrogen) atoms. The first-order chi connectivity index (χ1) is 13.8. The van der Waals surface area contributed by atoms with Crippen LogP contribution in [0.1, 0.15) is 31.2 Å². The lowest BCUT2D eigenvalue weighted by molar-refractivity contribution is -0.120. The van der Waals surface area contributed by atoms with E-state index in [-0.39, 0.29) is 28.4 Å². The van der Waals surface area contributed by atoms with Crippen molar-refractivity contribution in [2.75, 3.05) is 10.8 Å². The Hall–Kier alpha value is -2.05. The lowest BCUT2D eigenvalue weighted by Gasteiger charge is -2.27. The average Bonchev–Trinajstić information content (AvgIpc) is 3.30. The van der Waals surface area contributed by atoms with Gasteiger partial charge in [-0.05, 0) is 62.3 Å². The van der Waals surface area contributed by atoms with E-state index in [0.29, 0.717) is 17.5 Å². The SMILES string of the molecule is Cc1ccc(S(=O)(=O)N(CC(=O)N[C@@H]2C[C@@H]3CC[C@H]2C3)c2ccccc2Cl)cc1. The number of aryl methyl sites for hydroxylation is 1. The average molecular weight is 433 g/mol. The number of benzene rings is 2. The number of hydrogen-bond donors (Lipinski definition) is 1. The molecule has 2 bridgehead atoms. The van der Waals surface area contributed by atoms with Crippen LogP contribution in [0.2, 0.25) is 5.02 Å². The molecule has 7 heteroatoms. The van der Waals surface area contributed by atoms with E-state index in [9.17, 15) is 13.2 Å². The van der Waals surface area contributed by atoms with Gasteiger partial charge in [0.1, 0.15) is 6.54 Å². The first-order valence-electron chi connectivity index (χ1n) is 9.98. The van der Waals surface area contributed by atoms with Crippen LogP contribution in [0.3, 0.4) is 0 Å². The van der Waals surface area contributed by atoms with Gasteiger partial charge in [0.15, 0.2) is 0 Å². The molecule has 0 radical (unpaired) electrons. The molecule has 154 valence electrons. The van der Waals surface area contributed by atoms with Crippen LogP contribution in [0.15, 0.2) is 53.4 Å². The summed E-state index contributed by atoms with van der Waals surface area (Å²) in [6, 6.07) is 13.5. The molecule has 4 rings (SSSR count). The quantitative estimate of drug-likeness (QED) is 0.745. The molecule has 0 unspecified atom stereocenters. The lowest BCUT2D eigenvalue weighted by atomic mass is 9.95. The highest BCUT2D eigenvalue weighted by atomic mass is 35.5. The van der Waals surface area contributed by atoms with E-state index in [2.05, 4.69) is 5.32 Å². The number of nitrogens with zero attached hydrogens (tertiary/aromatic N) is 1. The molecule has 2 fully saturated rings. The fraction of sp³-hybridized carbons (Fsp3) is 0.409. The van der Waals surface area contributed by atoms with Gasteiger partial charge in [-0.25, -0.2) is 8.42 Å². The minimum Gasteiger partial charge on any atom is -0.352 e. The minimum atomic E-state index is -3.94. The Morgan fingerprint density at radius 1 is 1.10 bits per heavy atom. The van der Waals surface area contributed by atoms with Crippen LogP contribution in [0.5, 0.6) is 0 Å². The maximum Gasteiger partial charge on any atom is 0.264 e. The molecule has 2 aliphatic carbocycles. The zero-order valence-corrected chi connectivity index (χ0v) is 17.9. The second-order valence-electron chi connectivity index (χ2n) is 8.13. The second-order valence-corrected chi connectivity index (χ2v) is 10.4. The summed E-state index contributed by atoms with van der Waals surface area (Å²) in [7, 11) is -3.94. The van der Waals surface area contributed by atoms with Gasteiger partial charge in [-0.15, -0.1) is 0 Å². The molecule has 0 aliphatic heterocycles. The van der Waals surface area contributed by atoms with Crippen molar-refractivity contribution < 1.29 is 13.2 Å². The summed E-state index contributed by atoms with van der Waals surface area (Å²) < 4.78 is 27.9. The van der Waals surface area contributed by atoms with Crippen molar-refractivity contribution in [1.29, 1.82) is 0 Å². The number of amides is 1. The number of sulfonamides is 1. The van der Waals surface area contributed by atoms with Gasteiger partial charge < -0.3 is 5.32 Å². The summed E-state index contributed by atoms with van der Waals surface area (Å²) in [6.45, 7) is 1.60. The molecule has 3 atom stereocenters. The van der Waals surface area contributed by atoms with E-state index >= 15 is 0 Å². The van der Waals surface area contributed by atoms with E-state index in [1.807, 2.05) is 6.92 Å². The molecule has 0 heterocycles. The second kappa shape index (κ2) is 8.00. The summed E-state index contributed by atoms with van der Waals surface area (Å²) in [5.74, 6) is 0.922. The third-order valence-electron chi connectivity index (χ3n) is 6.10. The van der Waals surface area contributed by atoms with E-state index in [0.717, 1.165) is 22.7 Å². The molecule has 2 saturated carbocycles. The molecule has 0 aromatic heterocycles. The highest BCUT2D eigenvalue weighted by Gasteiger charge is 2.40. The zero-order chi connectivity index (χ0) is 20.6. The molecule has 1 amide bonds. The van der Waals surface area contributed by atoms with Gasteiger partial charge in [0, 0.05) is 6.04 Å². The highest BCUT2D eigenvalue weighted by Crippen LogP contribution is 2.44. The van der Waals surface area contributed by atoms with Gasteiger partial charge in [-0.2, -0.15) is 0 Å². The van der Waals surface area contributed by atoms with Crippen LogP contribution >= 0.6 is 11.6 Å². The number of fused-ring (bicyclic) bond motifs is 2. The predicted octanol–water partition coefficient (Wildman–Crippen LogP) is 4.15. The molecule has 0 spiro atoms. The number of para-hydroxylation sites is 1. The van der Waals surface area contributed by atoms with Gasteiger partial charge >= 0.3 is 0 Å². The number of hydrogen-bond acceptors (Lipinski definition) is 3. The smallest absolute Gasteiger partial charge is 0.264 e. The number of carbonyl (C=O) groups excluding carboxylic acids is 1. The van der Waals surface area contributed by atoms with Crippen molar-refractivity contribution in [1.82, 2.24) is 5.32 Å². The fourth-order valence-electron chi connectivity index (χ4n) is 4.60. The van der Waals surface area contributed by atoms with Crippen molar-refractivity contribution in [3.8, 4) is 0 Å². The highest BCUT2D eigenvalue weighted by molar-refractivity contribution is 7.92. The van der Waals surface area contributed by atoms with E-state index in [4.69, 9.17) is 11.6 Å². The molecular formula is C22H25ClN2O3S. The lowest BCUT2D eigenvalue weighted by Crippen LogP contribution is -2.46. The van der Waals surface area contributed by atoms with Crippen LogP contribution in [0.4, 0.5) is 5.69 Å². The van der Waals surface area contributed by atoms with Crippen LogP contribution < -0.4 is 9.62 Å². The molecule has 2 aliphatic rings. The first-order valence-corrected chi connectivity index (χ1v) is 11.8. The summed E-state index contributed by atoms with van der Waals surface area (Å²) in [5, 5.41) is 3.36. The van der Waals surface area contributed by atoms with Gasteiger partial charge in [-0.1, -0.05) is 47.9 Å². The molecule has 1 N–H and O–H groups in total. The summed E-state index contributed by atoms with van der Waals surface area (Å²) in [5.41, 5.74) is 1.26. The molecule has 2 aromatic rings. The molecular weight excluding hydrogens is 408 g/mol. The Morgan fingerprint density at radius 3 is 2.45 bits per heavy atom. The normalized spacial score (nSPS) is 23.2. The molecule has 2 aromatic carbocycles. The van der Waals surface area contributed by atoms with Crippen LogP contribution in [-0.2, 0) is 14.8 Å². The minimum absolute atomic E-state index is 0.135. The maximum atomic E-state index is 13.4. The Kier molecular flexibility index (Phi) is 5.58. The summed E-state index contributed by atoms with van der Waals surface area (Å²) in [4.78, 5) is 13.0. The Bertz CT molecular complexity index is 1010. The third kappa shape index (κ3) is 4.14. The van der Waals surface area contributed by atoms with Crippen molar-refractivity contribution >= 4 is 33.2 Å². The number of halogens is 1. The van der Waals surface area contributed by atoms with Crippen molar-refractivity contribution in [3.05, 3.63) is 59.1 Å². The molecule has 5 nitrogen and oxygen atoms in total. The van der Waals surface area contributed by atoms with Crippen LogP contribution in [-0.4, -0.2) is 26.9 Å². The van der Waals surface area contributed by atoms with E-state index in [1.165, 1.54) is 12.8 Å². The standard InChI is InChI=1S/C22H25ClN2O3S/c1-15-6-10-18(11-7-15)29(27,28)25(21-5-3-2-4-19(21)23)14-22(26)24-20-13-16-8-9-17(20)12-16/h2-7,10-11,16-17,20H,8-9,12-14H2,1H3,(H,24,26)/t16-,17+,20-/m1/s1. The number of rotatable bonds is 6. The van der Waals surface area contributed by atoms with E-state index < -0.39 is 10.0 Å². The topological polar surface area (TPSA) is 66.5 Å². The van der Waals surface area contributed by atoms with Gasteiger partial charge in [-0.3, -0.25) is 9.10 Å². The summed E-state index contributed by atoms with van der Waals surface area (Å²) >= 11 is 6.31. The fourth-order valence-corrected chi connectivity index (χ4v) is 6.32. The van der Waals surface area contributed by atoms with Gasteiger partial charge in [0.05, 0.1) is 15.6 Å². The maximum absolute atomic E-state index is 13.4. The zero-order valence-electron chi connectivity index (χ0n) is 16.3. The third-order valence-corrected chi connectivity index (χ3v) is 8.20. The van der Waals surface area contributed by atoms with Crippen molar-refractivity contribution in [2.24, 2.45) is 11.8 Å². The van der Waals surface area contributed by atoms with Gasteiger partial charge in [0.2, 0.25) is 5.91 Å². The monoisotopic (exact) mass is 432 g/mol. The van der Waals surface area contributed by atoms with Crippen molar-refractivity contribution in [2.45, 2.75) is 43.5 Å². The number of nitrogens with one attached hydrogen (secondary N) is 1. The van der Waals surface area contributed by atoms with Crippen LogP contribution in [0, 0.1) is 18.8 Å². The Balaban J connectivity index is 1.61. The Morgan fingerprint density at radius 2 is 1.83 bits per heavy atom. The number of anilines is 1. The summed E-state index contributed by atoms with van der Waals surface area (Å²) in [6.07, 6.45) is 4.55. The van der Waals surface area contributed by atoms with E-state index in [1.54, 1.807) is 48.5 Å². The largest absolute Gasteiger partial charge is 0.352 e.